The Labute approximate surface area is 109 Å². The summed E-state index contributed by atoms with van der Waals surface area (Å²) in [6.07, 6.45) is 1.65. The Kier molecular flexibility index (Phi) is 3.74. The first-order valence-corrected chi connectivity index (χ1v) is 5.80. The Hall–Kier alpha value is -2.44. The van der Waals surface area contributed by atoms with E-state index < -0.39 is 10.7 Å². The summed E-state index contributed by atoms with van der Waals surface area (Å²) in [5, 5.41) is 17.8. The second kappa shape index (κ2) is 5.47. The molecule has 0 bridgehead atoms. The third kappa shape index (κ3) is 2.87. The van der Waals surface area contributed by atoms with Gasteiger partial charge < -0.3 is 5.32 Å². The Balaban J connectivity index is 2.19. The molecule has 0 fully saturated rings. The van der Waals surface area contributed by atoms with Crippen molar-refractivity contribution in [3.8, 4) is 0 Å². The summed E-state index contributed by atoms with van der Waals surface area (Å²) in [6.45, 7) is 2.99. The van der Waals surface area contributed by atoms with Gasteiger partial charge in [0.15, 0.2) is 0 Å². The molecule has 0 aliphatic rings. The maximum Gasteiger partial charge on any atom is 0.292 e. The molecule has 0 spiro atoms. The fourth-order valence-corrected chi connectivity index (χ4v) is 1.79. The van der Waals surface area contributed by atoms with Crippen molar-refractivity contribution in [2.75, 3.05) is 5.32 Å². The molecule has 1 N–H and O–H groups in total. The highest BCUT2D eigenvalue weighted by molar-refractivity contribution is 5.61. The number of nitro benzene ring substituents is 1. The minimum atomic E-state index is -0.543. The van der Waals surface area contributed by atoms with E-state index in [9.17, 15) is 14.5 Å². The monoisotopic (exact) mass is 264 g/mol. The van der Waals surface area contributed by atoms with E-state index in [1.807, 2.05) is 13.0 Å². The number of anilines is 1. The molecule has 6 nitrogen and oxygen atoms in total. The Morgan fingerprint density at radius 3 is 2.95 bits per heavy atom. The Morgan fingerprint density at radius 1 is 1.47 bits per heavy atom. The van der Waals surface area contributed by atoms with E-state index in [0.29, 0.717) is 13.1 Å². The summed E-state index contributed by atoms with van der Waals surface area (Å²) < 4.78 is 14.9. The van der Waals surface area contributed by atoms with Crippen LogP contribution < -0.4 is 5.32 Å². The number of hydrogen-bond acceptors (Lipinski definition) is 4. The predicted octanol–water partition coefficient (Wildman–Crippen LogP) is 2.56. The van der Waals surface area contributed by atoms with Gasteiger partial charge in [-0.3, -0.25) is 14.8 Å². The third-order valence-electron chi connectivity index (χ3n) is 2.72. The van der Waals surface area contributed by atoms with Gasteiger partial charge in [0, 0.05) is 24.9 Å². The van der Waals surface area contributed by atoms with Gasteiger partial charge in [0.05, 0.1) is 17.2 Å². The first-order chi connectivity index (χ1) is 9.11. The standard InChI is InChI=1S/C12H13FN4O2/c1-2-16-10(5-6-15-16)8-14-11-7-9(13)3-4-12(11)17(18)19/h3-7,14H,2,8H2,1H3. The van der Waals surface area contributed by atoms with Crippen LogP contribution in [-0.4, -0.2) is 14.7 Å². The van der Waals surface area contributed by atoms with Gasteiger partial charge >= 0.3 is 0 Å². The summed E-state index contributed by atoms with van der Waals surface area (Å²) in [5.74, 6) is -0.517. The first kappa shape index (κ1) is 13.0. The lowest BCUT2D eigenvalue weighted by molar-refractivity contribution is -0.384. The molecule has 1 heterocycles. The number of aryl methyl sites for hydroxylation is 1. The van der Waals surface area contributed by atoms with Gasteiger partial charge in [-0.25, -0.2) is 4.39 Å². The van der Waals surface area contributed by atoms with Crippen LogP contribution in [0.4, 0.5) is 15.8 Å². The predicted molar refractivity (Wildman–Crippen MR) is 68.3 cm³/mol. The zero-order valence-electron chi connectivity index (χ0n) is 10.3. The maximum absolute atomic E-state index is 13.1. The molecule has 1 aromatic heterocycles. The van der Waals surface area contributed by atoms with Crippen molar-refractivity contribution in [1.29, 1.82) is 0 Å². The molecule has 0 radical (unpaired) electrons. The van der Waals surface area contributed by atoms with E-state index in [0.717, 1.165) is 23.9 Å². The first-order valence-electron chi connectivity index (χ1n) is 5.80. The second-order valence-corrected chi connectivity index (χ2v) is 3.91. The summed E-state index contributed by atoms with van der Waals surface area (Å²) in [7, 11) is 0. The molecule has 2 aromatic rings. The third-order valence-corrected chi connectivity index (χ3v) is 2.72. The molecule has 0 saturated carbocycles. The van der Waals surface area contributed by atoms with Crippen molar-refractivity contribution in [1.82, 2.24) is 9.78 Å². The SMILES string of the molecule is CCn1nccc1CNc1cc(F)ccc1[N+](=O)[O-]. The number of nitrogens with zero attached hydrogens (tertiary/aromatic N) is 3. The van der Waals surface area contributed by atoms with Gasteiger partial charge in [0.1, 0.15) is 11.5 Å². The lowest BCUT2D eigenvalue weighted by Gasteiger charge is -2.08. The number of halogens is 1. The number of rotatable bonds is 5. The van der Waals surface area contributed by atoms with Crippen LogP contribution in [0.25, 0.3) is 0 Å². The summed E-state index contributed by atoms with van der Waals surface area (Å²) in [4.78, 5) is 10.3. The van der Waals surface area contributed by atoms with Gasteiger partial charge in [-0.15, -0.1) is 0 Å². The smallest absolute Gasteiger partial charge is 0.292 e. The molecule has 7 heteroatoms. The molecule has 1 aromatic carbocycles. The number of benzene rings is 1. The van der Waals surface area contributed by atoms with Crippen molar-refractivity contribution in [2.24, 2.45) is 0 Å². The molecule has 100 valence electrons. The molecule has 0 amide bonds. The minimum absolute atomic E-state index is 0.149. The Bertz CT molecular complexity index is 597. The average molecular weight is 264 g/mol. The topological polar surface area (TPSA) is 73.0 Å². The maximum atomic E-state index is 13.1. The van der Waals surface area contributed by atoms with Crippen LogP contribution in [0.5, 0.6) is 0 Å². The molecule has 0 atom stereocenters. The molecule has 0 unspecified atom stereocenters. The van der Waals surface area contributed by atoms with Crippen molar-refractivity contribution in [3.05, 3.63) is 52.1 Å². The Morgan fingerprint density at radius 2 is 2.26 bits per heavy atom. The largest absolute Gasteiger partial charge is 0.374 e. The van der Waals surface area contributed by atoms with Crippen LogP contribution in [0.2, 0.25) is 0 Å². The van der Waals surface area contributed by atoms with E-state index in [1.165, 1.54) is 0 Å². The fraction of sp³-hybridized carbons (Fsp3) is 0.250. The highest BCUT2D eigenvalue weighted by Gasteiger charge is 2.14. The average Bonchev–Trinajstić information content (AvgIpc) is 2.83. The second-order valence-electron chi connectivity index (χ2n) is 3.91. The molecule has 0 aliphatic carbocycles. The molecule has 0 aliphatic heterocycles. The summed E-state index contributed by atoms with van der Waals surface area (Å²) in [6, 6.07) is 5.14. The molecular weight excluding hydrogens is 251 g/mol. The zero-order chi connectivity index (χ0) is 13.8. The highest BCUT2D eigenvalue weighted by Crippen LogP contribution is 2.25. The molecular formula is C12H13FN4O2. The van der Waals surface area contributed by atoms with Crippen LogP contribution in [0.15, 0.2) is 30.5 Å². The van der Waals surface area contributed by atoms with Gasteiger partial charge in [-0.05, 0) is 19.1 Å². The zero-order valence-corrected chi connectivity index (χ0v) is 10.3. The van der Waals surface area contributed by atoms with Gasteiger partial charge in [0.2, 0.25) is 0 Å². The minimum Gasteiger partial charge on any atom is -0.374 e. The molecule has 2 rings (SSSR count). The van der Waals surface area contributed by atoms with E-state index >= 15 is 0 Å². The number of aromatic nitrogens is 2. The van der Waals surface area contributed by atoms with Crippen molar-refractivity contribution in [2.45, 2.75) is 20.0 Å². The van der Waals surface area contributed by atoms with E-state index in [1.54, 1.807) is 10.9 Å². The lowest BCUT2D eigenvalue weighted by atomic mass is 10.2. The highest BCUT2D eigenvalue weighted by atomic mass is 19.1. The van der Waals surface area contributed by atoms with Gasteiger partial charge in [0.25, 0.3) is 5.69 Å². The van der Waals surface area contributed by atoms with Crippen LogP contribution in [0, 0.1) is 15.9 Å². The number of nitrogens with one attached hydrogen (secondary N) is 1. The summed E-state index contributed by atoms with van der Waals surface area (Å²) >= 11 is 0. The van der Waals surface area contributed by atoms with Crippen LogP contribution in [0.1, 0.15) is 12.6 Å². The summed E-state index contributed by atoms with van der Waals surface area (Å²) in [5.41, 5.74) is 0.888. The molecule has 0 saturated heterocycles. The van der Waals surface area contributed by atoms with E-state index in [4.69, 9.17) is 0 Å². The van der Waals surface area contributed by atoms with Crippen molar-refractivity contribution < 1.29 is 9.31 Å². The van der Waals surface area contributed by atoms with Gasteiger partial charge in [-0.1, -0.05) is 0 Å². The van der Waals surface area contributed by atoms with Crippen molar-refractivity contribution in [3.63, 3.8) is 0 Å². The van der Waals surface area contributed by atoms with Crippen molar-refractivity contribution >= 4 is 11.4 Å². The van der Waals surface area contributed by atoms with Crippen LogP contribution in [-0.2, 0) is 13.1 Å². The van der Waals surface area contributed by atoms with Gasteiger partial charge in [-0.2, -0.15) is 5.10 Å². The normalized spacial score (nSPS) is 10.4. The number of hydrogen-bond donors (Lipinski definition) is 1. The van der Waals surface area contributed by atoms with E-state index in [-0.39, 0.29) is 11.4 Å². The van der Waals surface area contributed by atoms with Crippen LogP contribution in [0.3, 0.4) is 0 Å². The van der Waals surface area contributed by atoms with E-state index in [2.05, 4.69) is 10.4 Å². The fourth-order valence-electron chi connectivity index (χ4n) is 1.79. The molecule has 19 heavy (non-hydrogen) atoms. The lowest BCUT2D eigenvalue weighted by Crippen LogP contribution is -2.09. The number of nitro groups is 1. The van der Waals surface area contributed by atoms with Crippen LogP contribution >= 0.6 is 0 Å². The quantitative estimate of drug-likeness (QED) is 0.665.